The molecule has 1 N–H and O–H groups in total. The first-order valence-corrected chi connectivity index (χ1v) is 6.58. The molecular weight excluding hydrogens is 296 g/mol. The van der Waals surface area contributed by atoms with E-state index in [0.717, 1.165) is 41.2 Å². The summed E-state index contributed by atoms with van der Waals surface area (Å²) in [6, 6.07) is 5.93. The van der Waals surface area contributed by atoms with Crippen LogP contribution in [0.2, 0.25) is 0 Å². The molecule has 3 rings (SSSR count). The number of aromatic nitrogens is 3. The molecule has 1 aliphatic rings. The molecule has 0 unspecified atom stereocenters. The van der Waals surface area contributed by atoms with Gasteiger partial charge in [-0.15, -0.1) is 10.2 Å². The van der Waals surface area contributed by atoms with Gasteiger partial charge in [-0.1, -0.05) is 6.07 Å². The van der Waals surface area contributed by atoms with E-state index in [9.17, 15) is 0 Å². The Bertz CT molecular complexity index is 569. The molecule has 6 heteroatoms. The third-order valence-electron chi connectivity index (χ3n) is 3.17. The second-order valence-electron chi connectivity index (χ2n) is 4.31. The smallest absolute Gasteiger partial charge is 0.152 e. The number of rotatable bonds is 2. The normalized spacial score (nSPS) is 14.7. The van der Waals surface area contributed by atoms with Gasteiger partial charge in [0, 0.05) is 17.6 Å². The monoisotopic (exact) mass is 308 g/mol. The highest BCUT2D eigenvalue weighted by atomic mass is 79.9. The molecule has 0 radical (unpaired) electrons. The molecule has 0 fully saturated rings. The molecule has 0 saturated heterocycles. The van der Waals surface area contributed by atoms with Crippen molar-refractivity contribution >= 4 is 21.6 Å². The van der Waals surface area contributed by atoms with E-state index in [0.29, 0.717) is 0 Å². The highest BCUT2D eigenvalue weighted by Crippen LogP contribution is 2.29. The van der Waals surface area contributed by atoms with E-state index >= 15 is 0 Å². The SMILES string of the molecule is OCc1ccc(N2CCn3cnnc3C2)c(Br)c1. The highest BCUT2D eigenvalue weighted by Gasteiger charge is 2.19. The van der Waals surface area contributed by atoms with E-state index in [1.54, 1.807) is 6.33 Å². The number of fused-ring (bicyclic) bond motifs is 1. The molecule has 0 aliphatic carbocycles. The molecule has 0 amide bonds. The van der Waals surface area contributed by atoms with E-state index in [1.807, 2.05) is 18.2 Å². The van der Waals surface area contributed by atoms with Crippen molar-refractivity contribution in [2.45, 2.75) is 19.7 Å². The zero-order valence-electron chi connectivity index (χ0n) is 9.75. The Labute approximate surface area is 113 Å². The van der Waals surface area contributed by atoms with Gasteiger partial charge in [-0.2, -0.15) is 0 Å². The Balaban J connectivity index is 1.88. The van der Waals surface area contributed by atoms with Gasteiger partial charge in [0.2, 0.25) is 0 Å². The maximum Gasteiger partial charge on any atom is 0.152 e. The van der Waals surface area contributed by atoms with Gasteiger partial charge in [-0.25, -0.2) is 0 Å². The lowest BCUT2D eigenvalue weighted by Crippen LogP contribution is -2.33. The number of anilines is 1. The fraction of sp³-hybridized carbons (Fsp3) is 0.333. The summed E-state index contributed by atoms with van der Waals surface area (Å²) >= 11 is 3.56. The van der Waals surface area contributed by atoms with Crippen LogP contribution in [0.4, 0.5) is 5.69 Å². The second kappa shape index (κ2) is 4.70. The Morgan fingerprint density at radius 1 is 1.33 bits per heavy atom. The topological polar surface area (TPSA) is 54.2 Å². The molecule has 0 spiro atoms. The molecule has 0 saturated carbocycles. The average molecular weight is 309 g/mol. The number of nitrogens with zero attached hydrogens (tertiary/aromatic N) is 4. The summed E-state index contributed by atoms with van der Waals surface area (Å²) in [6.07, 6.45) is 1.77. The van der Waals surface area contributed by atoms with Gasteiger partial charge >= 0.3 is 0 Å². The lowest BCUT2D eigenvalue weighted by Gasteiger charge is -2.29. The minimum absolute atomic E-state index is 0.0627. The third kappa shape index (κ3) is 2.02. The summed E-state index contributed by atoms with van der Waals surface area (Å²) in [5.41, 5.74) is 2.03. The molecule has 5 nitrogen and oxygen atoms in total. The van der Waals surface area contributed by atoms with E-state index in [2.05, 4.69) is 35.6 Å². The molecule has 0 atom stereocenters. The van der Waals surface area contributed by atoms with Crippen molar-refractivity contribution in [3.8, 4) is 0 Å². The Kier molecular flexibility index (Phi) is 3.05. The Morgan fingerprint density at radius 2 is 2.22 bits per heavy atom. The molecule has 94 valence electrons. The summed E-state index contributed by atoms with van der Waals surface area (Å²) < 4.78 is 3.08. The van der Waals surface area contributed by atoms with Crippen LogP contribution in [0.15, 0.2) is 29.0 Å². The zero-order chi connectivity index (χ0) is 12.5. The predicted molar refractivity (Wildman–Crippen MR) is 71.1 cm³/mol. The lowest BCUT2D eigenvalue weighted by atomic mass is 10.2. The summed E-state index contributed by atoms with van der Waals surface area (Å²) in [5.74, 6) is 0.986. The van der Waals surface area contributed by atoms with Crippen LogP contribution in [0.1, 0.15) is 11.4 Å². The predicted octanol–water partition coefficient (Wildman–Crippen LogP) is 1.55. The maximum atomic E-state index is 9.11. The number of aliphatic hydroxyl groups excluding tert-OH is 1. The molecular formula is C12H13BrN4O. The van der Waals surface area contributed by atoms with Crippen LogP contribution in [-0.2, 0) is 19.7 Å². The number of halogens is 1. The first-order chi connectivity index (χ1) is 8.78. The van der Waals surface area contributed by atoms with Crippen LogP contribution in [0.3, 0.4) is 0 Å². The first kappa shape index (κ1) is 11.7. The van der Waals surface area contributed by atoms with Crippen LogP contribution < -0.4 is 4.90 Å². The number of hydrogen-bond donors (Lipinski definition) is 1. The zero-order valence-corrected chi connectivity index (χ0v) is 11.3. The second-order valence-corrected chi connectivity index (χ2v) is 5.16. The van der Waals surface area contributed by atoms with E-state index in [4.69, 9.17) is 5.11 Å². The Hall–Kier alpha value is -1.40. The molecule has 0 bridgehead atoms. The highest BCUT2D eigenvalue weighted by molar-refractivity contribution is 9.10. The van der Waals surface area contributed by atoms with Crippen molar-refractivity contribution in [2.75, 3.05) is 11.4 Å². The standard InChI is InChI=1S/C12H13BrN4O/c13-10-5-9(7-18)1-2-11(10)16-3-4-17-8-14-15-12(17)6-16/h1-2,5,8,18H,3-4,6-7H2. The maximum absolute atomic E-state index is 9.11. The fourth-order valence-corrected chi connectivity index (χ4v) is 2.85. The molecule has 1 aromatic carbocycles. The number of aliphatic hydroxyl groups is 1. The van der Waals surface area contributed by atoms with Crippen LogP contribution >= 0.6 is 15.9 Å². The molecule has 2 aromatic rings. The van der Waals surface area contributed by atoms with E-state index < -0.39 is 0 Å². The van der Waals surface area contributed by atoms with Crippen LogP contribution in [0, 0.1) is 0 Å². The van der Waals surface area contributed by atoms with Gasteiger partial charge in [0.25, 0.3) is 0 Å². The molecule has 1 aromatic heterocycles. The lowest BCUT2D eigenvalue weighted by molar-refractivity contribution is 0.282. The average Bonchev–Trinajstić information content (AvgIpc) is 2.85. The number of benzene rings is 1. The van der Waals surface area contributed by atoms with Crippen molar-refractivity contribution in [1.82, 2.24) is 14.8 Å². The third-order valence-corrected chi connectivity index (χ3v) is 3.81. The van der Waals surface area contributed by atoms with Gasteiger partial charge in [0.05, 0.1) is 18.8 Å². The van der Waals surface area contributed by atoms with Crippen LogP contribution in [0.5, 0.6) is 0 Å². The van der Waals surface area contributed by atoms with E-state index in [-0.39, 0.29) is 6.61 Å². The fourth-order valence-electron chi connectivity index (χ4n) is 2.18. The summed E-state index contributed by atoms with van der Waals surface area (Å²) in [4.78, 5) is 2.26. The van der Waals surface area contributed by atoms with Crippen molar-refractivity contribution < 1.29 is 5.11 Å². The van der Waals surface area contributed by atoms with Crippen molar-refractivity contribution in [3.05, 3.63) is 40.4 Å². The van der Waals surface area contributed by atoms with Gasteiger partial charge in [-0.05, 0) is 33.6 Å². The van der Waals surface area contributed by atoms with Crippen LogP contribution in [-0.4, -0.2) is 26.4 Å². The van der Waals surface area contributed by atoms with E-state index in [1.165, 1.54) is 0 Å². The first-order valence-electron chi connectivity index (χ1n) is 5.79. The Morgan fingerprint density at radius 3 is 3.00 bits per heavy atom. The van der Waals surface area contributed by atoms with Gasteiger partial charge in [0.15, 0.2) is 5.82 Å². The minimum atomic E-state index is 0.0627. The van der Waals surface area contributed by atoms with Crippen molar-refractivity contribution in [3.63, 3.8) is 0 Å². The van der Waals surface area contributed by atoms with Gasteiger partial charge < -0.3 is 14.6 Å². The quantitative estimate of drug-likeness (QED) is 0.914. The summed E-state index contributed by atoms with van der Waals surface area (Å²) in [5, 5.41) is 17.1. The number of hydrogen-bond acceptors (Lipinski definition) is 4. The molecule has 2 heterocycles. The van der Waals surface area contributed by atoms with Gasteiger partial charge in [-0.3, -0.25) is 0 Å². The molecule has 18 heavy (non-hydrogen) atoms. The minimum Gasteiger partial charge on any atom is -0.392 e. The summed E-state index contributed by atoms with van der Waals surface area (Å²) in [7, 11) is 0. The summed E-state index contributed by atoms with van der Waals surface area (Å²) in [6.45, 7) is 2.66. The van der Waals surface area contributed by atoms with Crippen LogP contribution in [0.25, 0.3) is 0 Å². The van der Waals surface area contributed by atoms with Crippen molar-refractivity contribution in [2.24, 2.45) is 0 Å². The van der Waals surface area contributed by atoms with Crippen molar-refractivity contribution in [1.29, 1.82) is 0 Å². The molecule has 1 aliphatic heterocycles. The van der Waals surface area contributed by atoms with Gasteiger partial charge in [0.1, 0.15) is 6.33 Å². The largest absolute Gasteiger partial charge is 0.392 e.